The number of nitrogens with zero attached hydrogens (tertiary/aromatic N) is 1. The first-order valence-electron chi connectivity index (χ1n) is 5.40. The average molecular weight is 273 g/mol. The van der Waals surface area contributed by atoms with Crippen LogP contribution in [0.2, 0.25) is 5.02 Å². The molecular formula is C14H9ClN2O2. The van der Waals surface area contributed by atoms with Gasteiger partial charge in [0.25, 0.3) is 5.91 Å². The molecule has 94 valence electrons. The van der Waals surface area contributed by atoms with Gasteiger partial charge in [-0.2, -0.15) is 5.26 Å². The number of carbonyl (C=O) groups excluding carboxylic acids is 1. The Morgan fingerprint density at radius 1 is 1.21 bits per heavy atom. The molecule has 2 N–H and O–H groups in total. The fourth-order valence-corrected chi connectivity index (χ4v) is 1.66. The number of nitriles is 1. The number of rotatable bonds is 2. The first-order chi connectivity index (χ1) is 9.10. The molecule has 0 fully saturated rings. The van der Waals surface area contributed by atoms with Gasteiger partial charge >= 0.3 is 0 Å². The van der Waals surface area contributed by atoms with Crippen LogP contribution in [0.15, 0.2) is 42.5 Å². The van der Waals surface area contributed by atoms with E-state index < -0.39 is 0 Å². The van der Waals surface area contributed by atoms with Crippen molar-refractivity contribution in [1.29, 1.82) is 5.26 Å². The van der Waals surface area contributed by atoms with Gasteiger partial charge in [0.1, 0.15) is 5.75 Å². The molecule has 0 bridgehead atoms. The number of anilines is 1. The molecule has 0 heterocycles. The van der Waals surface area contributed by atoms with Crippen molar-refractivity contribution in [3.8, 4) is 11.8 Å². The summed E-state index contributed by atoms with van der Waals surface area (Å²) in [5.74, 6) is -0.280. The third-order valence-corrected chi connectivity index (χ3v) is 2.80. The molecule has 0 unspecified atom stereocenters. The van der Waals surface area contributed by atoms with E-state index in [1.54, 1.807) is 12.1 Å². The molecule has 0 atom stereocenters. The molecule has 0 saturated heterocycles. The summed E-state index contributed by atoms with van der Waals surface area (Å²) >= 11 is 5.95. The van der Waals surface area contributed by atoms with Crippen molar-refractivity contribution >= 4 is 23.2 Å². The van der Waals surface area contributed by atoms with Crippen LogP contribution in [0.3, 0.4) is 0 Å². The Balaban J connectivity index is 2.24. The van der Waals surface area contributed by atoms with Gasteiger partial charge in [-0.15, -0.1) is 0 Å². The molecule has 5 heteroatoms. The van der Waals surface area contributed by atoms with Gasteiger partial charge in [-0.3, -0.25) is 4.79 Å². The predicted octanol–water partition coefficient (Wildman–Crippen LogP) is 3.17. The lowest BCUT2D eigenvalue weighted by Crippen LogP contribution is -2.12. The number of carbonyl (C=O) groups is 1. The standard InChI is InChI=1S/C14H9ClN2O2/c15-12-6-1-9(8-16)7-13(12)17-14(19)10-2-4-11(18)5-3-10/h1-7,18H,(H,17,19). The Morgan fingerprint density at radius 3 is 2.53 bits per heavy atom. The van der Waals surface area contributed by atoms with E-state index in [1.165, 1.54) is 30.3 Å². The molecule has 1 amide bonds. The number of hydrogen-bond donors (Lipinski definition) is 2. The summed E-state index contributed by atoms with van der Waals surface area (Å²) < 4.78 is 0. The minimum atomic E-state index is -0.364. The highest BCUT2D eigenvalue weighted by Crippen LogP contribution is 2.23. The molecule has 0 spiro atoms. The summed E-state index contributed by atoms with van der Waals surface area (Å²) in [7, 11) is 0. The maximum absolute atomic E-state index is 11.9. The smallest absolute Gasteiger partial charge is 0.255 e. The van der Waals surface area contributed by atoms with Gasteiger partial charge in [0.2, 0.25) is 0 Å². The van der Waals surface area contributed by atoms with Crippen molar-refractivity contribution in [2.45, 2.75) is 0 Å². The number of phenols is 1. The van der Waals surface area contributed by atoms with E-state index in [1.807, 2.05) is 6.07 Å². The van der Waals surface area contributed by atoms with E-state index >= 15 is 0 Å². The molecule has 0 aliphatic carbocycles. The summed E-state index contributed by atoms with van der Waals surface area (Å²) in [5.41, 5.74) is 1.17. The van der Waals surface area contributed by atoms with Crippen molar-refractivity contribution in [1.82, 2.24) is 0 Å². The van der Waals surface area contributed by atoms with Crippen LogP contribution in [0.25, 0.3) is 0 Å². The van der Waals surface area contributed by atoms with Gasteiger partial charge in [0.05, 0.1) is 22.3 Å². The summed E-state index contributed by atoms with van der Waals surface area (Å²) in [6, 6.07) is 12.4. The summed E-state index contributed by atoms with van der Waals surface area (Å²) in [5, 5.41) is 20.9. The Kier molecular flexibility index (Phi) is 3.69. The van der Waals surface area contributed by atoms with Gasteiger partial charge < -0.3 is 10.4 Å². The first kappa shape index (κ1) is 12.9. The van der Waals surface area contributed by atoms with Gasteiger partial charge in [-0.1, -0.05) is 11.6 Å². The monoisotopic (exact) mass is 272 g/mol. The molecule has 0 aromatic heterocycles. The molecule has 2 aromatic rings. The van der Waals surface area contributed by atoms with Crippen molar-refractivity contribution in [2.24, 2.45) is 0 Å². The van der Waals surface area contributed by atoms with E-state index in [-0.39, 0.29) is 11.7 Å². The highest BCUT2D eigenvalue weighted by Gasteiger charge is 2.09. The highest BCUT2D eigenvalue weighted by atomic mass is 35.5. The molecule has 19 heavy (non-hydrogen) atoms. The number of amides is 1. The van der Waals surface area contributed by atoms with Gasteiger partial charge in [-0.05, 0) is 42.5 Å². The number of benzene rings is 2. The van der Waals surface area contributed by atoms with Crippen molar-refractivity contribution in [3.63, 3.8) is 0 Å². The van der Waals surface area contributed by atoms with Crippen LogP contribution in [-0.4, -0.2) is 11.0 Å². The average Bonchev–Trinajstić information content (AvgIpc) is 2.42. The first-order valence-corrected chi connectivity index (χ1v) is 5.78. The van der Waals surface area contributed by atoms with Gasteiger partial charge in [-0.25, -0.2) is 0 Å². The van der Waals surface area contributed by atoms with E-state index in [4.69, 9.17) is 22.0 Å². The molecular weight excluding hydrogens is 264 g/mol. The third-order valence-electron chi connectivity index (χ3n) is 2.47. The maximum atomic E-state index is 11.9. The molecule has 4 nitrogen and oxygen atoms in total. The van der Waals surface area contributed by atoms with E-state index in [0.29, 0.717) is 21.8 Å². The minimum absolute atomic E-state index is 0.0843. The molecule has 0 aliphatic heterocycles. The molecule has 0 saturated carbocycles. The van der Waals surface area contributed by atoms with E-state index in [2.05, 4.69) is 5.32 Å². The van der Waals surface area contributed by atoms with Gasteiger partial charge in [0, 0.05) is 5.56 Å². The SMILES string of the molecule is N#Cc1ccc(Cl)c(NC(=O)c2ccc(O)cc2)c1. The largest absolute Gasteiger partial charge is 0.508 e. The Hall–Kier alpha value is -2.51. The van der Waals surface area contributed by atoms with Crippen molar-refractivity contribution in [2.75, 3.05) is 5.32 Å². The Bertz CT molecular complexity index is 660. The normalized spacial score (nSPS) is 9.68. The van der Waals surface area contributed by atoms with Crippen LogP contribution in [-0.2, 0) is 0 Å². The molecule has 2 aromatic carbocycles. The topological polar surface area (TPSA) is 73.1 Å². The minimum Gasteiger partial charge on any atom is -0.508 e. The summed E-state index contributed by atoms with van der Waals surface area (Å²) in [6.45, 7) is 0. The van der Waals surface area contributed by atoms with Crippen LogP contribution in [0.4, 0.5) is 5.69 Å². The van der Waals surface area contributed by atoms with Crippen LogP contribution in [0.1, 0.15) is 15.9 Å². The van der Waals surface area contributed by atoms with E-state index in [9.17, 15) is 4.79 Å². The summed E-state index contributed by atoms with van der Waals surface area (Å²) in [4.78, 5) is 11.9. The number of aromatic hydroxyl groups is 1. The highest BCUT2D eigenvalue weighted by molar-refractivity contribution is 6.34. The maximum Gasteiger partial charge on any atom is 0.255 e. The Labute approximate surface area is 114 Å². The van der Waals surface area contributed by atoms with Crippen LogP contribution in [0.5, 0.6) is 5.75 Å². The number of nitrogens with one attached hydrogen (secondary N) is 1. The fourth-order valence-electron chi connectivity index (χ4n) is 1.50. The summed E-state index contributed by atoms with van der Waals surface area (Å²) in [6.07, 6.45) is 0. The zero-order chi connectivity index (χ0) is 13.8. The number of phenolic OH excluding ortho intramolecular Hbond substituents is 1. The third kappa shape index (κ3) is 3.03. The van der Waals surface area contributed by atoms with Crippen molar-refractivity contribution < 1.29 is 9.90 Å². The molecule has 0 radical (unpaired) electrons. The van der Waals surface area contributed by atoms with E-state index in [0.717, 1.165) is 0 Å². The molecule has 2 rings (SSSR count). The lowest BCUT2D eigenvalue weighted by Gasteiger charge is -2.07. The fraction of sp³-hybridized carbons (Fsp3) is 0. The quantitative estimate of drug-likeness (QED) is 0.882. The lowest BCUT2D eigenvalue weighted by molar-refractivity contribution is 0.102. The Morgan fingerprint density at radius 2 is 1.89 bits per heavy atom. The molecule has 0 aliphatic rings. The number of hydrogen-bond acceptors (Lipinski definition) is 3. The lowest BCUT2D eigenvalue weighted by atomic mass is 10.2. The van der Waals surface area contributed by atoms with Crippen molar-refractivity contribution in [3.05, 3.63) is 58.6 Å². The van der Waals surface area contributed by atoms with Crippen LogP contribution >= 0.6 is 11.6 Å². The number of halogens is 1. The van der Waals surface area contributed by atoms with Crippen LogP contribution < -0.4 is 5.32 Å². The van der Waals surface area contributed by atoms with Crippen LogP contribution in [0, 0.1) is 11.3 Å². The second-order valence-corrected chi connectivity index (χ2v) is 4.21. The van der Waals surface area contributed by atoms with Gasteiger partial charge in [0.15, 0.2) is 0 Å². The zero-order valence-electron chi connectivity index (χ0n) is 9.72. The second-order valence-electron chi connectivity index (χ2n) is 3.81. The second kappa shape index (κ2) is 5.42. The predicted molar refractivity (Wildman–Crippen MR) is 72.2 cm³/mol. The zero-order valence-corrected chi connectivity index (χ0v) is 10.5.